The van der Waals surface area contributed by atoms with Crippen molar-refractivity contribution in [3.63, 3.8) is 0 Å². The number of anilines is 2. The Balaban J connectivity index is 2.01. The molecule has 1 fully saturated rings. The fourth-order valence-electron chi connectivity index (χ4n) is 3.41. The van der Waals surface area contributed by atoms with Crippen LogP contribution in [0.25, 0.3) is 11.4 Å². The van der Waals surface area contributed by atoms with Gasteiger partial charge in [0.15, 0.2) is 5.82 Å². The molecular weight excluding hydrogens is 408 g/mol. The van der Waals surface area contributed by atoms with Gasteiger partial charge in [-0.2, -0.15) is 0 Å². The molecule has 1 aliphatic rings. The van der Waals surface area contributed by atoms with E-state index in [4.69, 9.17) is 14.8 Å². The van der Waals surface area contributed by atoms with E-state index in [9.17, 15) is 13.2 Å². The van der Waals surface area contributed by atoms with Crippen molar-refractivity contribution in [2.75, 3.05) is 42.0 Å². The highest BCUT2D eigenvalue weighted by atomic mass is 32.2. The molecular formula is C20H26N4O5S. The number of ether oxygens (including phenoxy) is 1. The minimum absolute atomic E-state index is 0.0109. The molecule has 9 nitrogen and oxygen atoms in total. The number of nitrogens with zero attached hydrogens (tertiary/aromatic N) is 3. The van der Waals surface area contributed by atoms with Gasteiger partial charge in [-0.1, -0.05) is 6.92 Å². The Morgan fingerprint density at radius 3 is 2.63 bits per heavy atom. The Hall–Kier alpha value is -2.72. The number of sulfone groups is 1. The van der Waals surface area contributed by atoms with Crippen molar-refractivity contribution >= 4 is 27.4 Å². The molecule has 30 heavy (non-hydrogen) atoms. The van der Waals surface area contributed by atoms with E-state index in [1.165, 1.54) is 6.26 Å². The lowest BCUT2D eigenvalue weighted by atomic mass is 10.1. The minimum Gasteiger partial charge on any atom is -0.465 e. The largest absolute Gasteiger partial charge is 0.465 e. The quantitative estimate of drug-likeness (QED) is 0.711. The van der Waals surface area contributed by atoms with Gasteiger partial charge in [-0.15, -0.1) is 0 Å². The first-order valence-electron chi connectivity index (χ1n) is 9.64. The number of amides is 1. The van der Waals surface area contributed by atoms with E-state index >= 15 is 0 Å². The first kappa shape index (κ1) is 22.0. The molecule has 2 atom stereocenters. The van der Waals surface area contributed by atoms with Gasteiger partial charge in [0.2, 0.25) is 0 Å². The summed E-state index contributed by atoms with van der Waals surface area (Å²) in [5.41, 5.74) is 1.79. The van der Waals surface area contributed by atoms with E-state index in [0.29, 0.717) is 42.5 Å². The van der Waals surface area contributed by atoms with Crippen molar-refractivity contribution in [3.05, 3.63) is 36.0 Å². The Kier molecular flexibility index (Phi) is 6.57. The summed E-state index contributed by atoms with van der Waals surface area (Å²) in [6.45, 7) is 5.74. The summed E-state index contributed by atoms with van der Waals surface area (Å²) in [5.74, 6) is 0.871. The predicted octanol–water partition coefficient (Wildman–Crippen LogP) is 2.61. The van der Waals surface area contributed by atoms with E-state index in [2.05, 4.69) is 15.2 Å². The SMILES string of the molecule is CC(CS(C)(=O)=O)c1cc(N2CCOC[C@@H]2C)nc(-c2ccc(NC(=O)O)cc2)n1. The van der Waals surface area contributed by atoms with Crippen molar-refractivity contribution in [1.29, 1.82) is 0 Å². The van der Waals surface area contributed by atoms with Gasteiger partial charge in [0.25, 0.3) is 0 Å². The highest BCUT2D eigenvalue weighted by molar-refractivity contribution is 7.90. The second kappa shape index (κ2) is 8.97. The van der Waals surface area contributed by atoms with Crippen LogP contribution < -0.4 is 10.2 Å². The summed E-state index contributed by atoms with van der Waals surface area (Å²) in [6, 6.07) is 8.71. The second-order valence-electron chi connectivity index (χ2n) is 7.59. The molecule has 1 unspecified atom stereocenters. The number of carbonyl (C=O) groups is 1. The molecule has 10 heteroatoms. The second-order valence-corrected chi connectivity index (χ2v) is 9.78. The minimum atomic E-state index is -3.17. The summed E-state index contributed by atoms with van der Waals surface area (Å²) in [4.78, 5) is 22.3. The maximum atomic E-state index is 11.8. The van der Waals surface area contributed by atoms with Crippen molar-refractivity contribution < 1.29 is 23.1 Å². The number of hydrogen-bond donors (Lipinski definition) is 2. The average molecular weight is 435 g/mol. The Labute approximate surface area is 176 Å². The van der Waals surface area contributed by atoms with Gasteiger partial charge in [0.05, 0.1) is 30.7 Å². The molecule has 162 valence electrons. The standard InChI is InChI=1S/C20H26N4O5S/c1-13(12-30(3,27)28)17-10-18(24-8-9-29-11-14(24)2)23-19(22-17)15-4-6-16(7-5-15)21-20(25)26/h4-7,10,13-14,21H,8-9,11-12H2,1-3H3,(H,25,26)/t13?,14-/m0/s1. The summed E-state index contributed by atoms with van der Waals surface area (Å²) < 4.78 is 29.1. The molecule has 1 aromatic heterocycles. The van der Waals surface area contributed by atoms with Crippen LogP contribution in [0.5, 0.6) is 0 Å². The van der Waals surface area contributed by atoms with Gasteiger partial charge in [-0.05, 0) is 31.2 Å². The molecule has 0 bridgehead atoms. The van der Waals surface area contributed by atoms with Crippen LogP contribution in [0.3, 0.4) is 0 Å². The van der Waals surface area contributed by atoms with Gasteiger partial charge < -0.3 is 14.7 Å². The molecule has 2 N–H and O–H groups in total. The summed E-state index contributed by atoms with van der Waals surface area (Å²) in [6.07, 6.45) is 0.0734. The highest BCUT2D eigenvalue weighted by Crippen LogP contribution is 2.27. The van der Waals surface area contributed by atoms with Crippen LogP contribution in [0, 0.1) is 0 Å². The lowest BCUT2D eigenvalue weighted by Gasteiger charge is -2.34. The van der Waals surface area contributed by atoms with E-state index < -0.39 is 15.9 Å². The Morgan fingerprint density at radius 2 is 2.03 bits per heavy atom. The van der Waals surface area contributed by atoms with Crippen LogP contribution in [0.4, 0.5) is 16.3 Å². The number of carboxylic acid groups (broad SMARTS) is 1. The van der Waals surface area contributed by atoms with Crippen molar-refractivity contribution in [1.82, 2.24) is 9.97 Å². The Morgan fingerprint density at radius 1 is 1.33 bits per heavy atom. The van der Waals surface area contributed by atoms with Crippen LogP contribution in [-0.2, 0) is 14.6 Å². The van der Waals surface area contributed by atoms with Crippen LogP contribution in [-0.4, -0.2) is 67.4 Å². The average Bonchev–Trinajstić information content (AvgIpc) is 2.67. The van der Waals surface area contributed by atoms with Gasteiger partial charge >= 0.3 is 6.09 Å². The van der Waals surface area contributed by atoms with Crippen molar-refractivity contribution in [2.45, 2.75) is 25.8 Å². The van der Waals surface area contributed by atoms with Crippen LogP contribution in [0.1, 0.15) is 25.5 Å². The van der Waals surface area contributed by atoms with E-state index in [1.807, 2.05) is 19.9 Å². The fourth-order valence-corrected chi connectivity index (χ4v) is 4.49. The smallest absolute Gasteiger partial charge is 0.409 e. The summed E-state index contributed by atoms with van der Waals surface area (Å²) >= 11 is 0. The lowest BCUT2D eigenvalue weighted by molar-refractivity contribution is 0.0985. The van der Waals surface area contributed by atoms with E-state index in [0.717, 1.165) is 5.82 Å². The first-order chi connectivity index (χ1) is 14.1. The van der Waals surface area contributed by atoms with Crippen molar-refractivity contribution in [3.8, 4) is 11.4 Å². The molecule has 0 spiro atoms. The number of aromatic nitrogens is 2. The summed E-state index contributed by atoms with van der Waals surface area (Å²) in [5, 5.41) is 11.1. The van der Waals surface area contributed by atoms with Crippen molar-refractivity contribution in [2.24, 2.45) is 0 Å². The topological polar surface area (TPSA) is 122 Å². The van der Waals surface area contributed by atoms with Crippen LogP contribution >= 0.6 is 0 Å². The molecule has 3 rings (SSSR count). The third kappa shape index (κ3) is 5.67. The number of rotatable bonds is 6. The molecule has 0 radical (unpaired) electrons. The lowest BCUT2D eigenvalue weighted by Crippen LogP contribution is -2.44. The zero-order valence-corrected chi connectivity index (χ0v) is 18.0. The van der Waals surface area contributed by atoms with Gasteiger partial charge in [0, 0.05) is 36.0 Å². The third-order valence-corrected chi connectivity index (χ3v) is 5.95. The maximum Gasteiger partial charge on any atom is 0.409 e. The van der Waals surface area contributed by atoms with E-state index in [1.54, 1.807) is 24.3 Å². The van der Waals surface area contributed by atoms with E-state index in [-0.39, 0.29) is 17.7 Å². The normalized spacial score (nSPS) is 18.1. The van der Waals surface area contributed by atoms with Gasteiger partial charge in [0.1, 0.15) is 15.7 Å². The zero-order valence-electron chi connectivity index (χ0n) is 17.2. The molecule has 2 heterocycles. The molecule has 1 aliphatic heterocycles. The number of morpholine rings is 1. The molecule has 1 saturated heterocycles. The van der Waals surface area contributed by atoms with Gasteiger partial charge in [-0.3, -0.25) is 5.32 Å². The third-order valence-electron chi connectivity index (χ3n) is 4.85. The monoisotopic (exact) mass is 434 g/mol. The molecule has 1 aromatic carbocycles. The van der Waals surface area contributed by atoms with Gasteiger partial charge in [-0.25, -0.2) is 23.2 Å². The maximum absolute atomic E-state index is 11.8. The molecule has 0 aliphatic carbocycles. The predicted molar refractivity (Wildman–Crippen MR) is 115 cm³/mol. The number of hydrogen-bond acceptors (Lipinski definition) is 7. The number of nitrogens with one attached hydrogen (secondary N) is 1. The molecule has 2 aromatic rings. The van der Waals surface area contributed by atoms with Crippen LogP contribution in [0.2, 0.25) is 0 Å². The first-order valence-corrected chi connectivity index (χ1v) is 11.7. The molecule has 0 saturated carbocycles. The zero-order chi connectivity index (χ0) is 21.9. The highest BCUT2D eigenvalue weighted by Gasteiger charge is 2.24. The fraction of sp³-hybridized carbons (Fsp3) is 0.450. The molecule has 1 amide bonds. The Bertz CT molecular complexity index is 1010. The number of benzene rings is 1. The summed E-state index contributed by atoms with van der Waals surface area (Å²) in [7, 11) is -3.17. The van der Waals surface area contributed by atoms with Crippen LogP contribution in [0.15, 0.2) is 30.3 Å².